The molecule has 2 N–H and O–H groups in total. The first-order valence-electron chi connectivity index (χ1n) is 14.8. The Hall–Kier alpha value is -5.73. The van der Waals surface area contributed by atoms with E-state index in [0.717, 1.165) is 12.1 Å². The van der Waals surface area contributed by atoms with Gasteiger partial charge >= 0.3 is 17.6 Å². The van der Waals surface area contributed by atoms with Crippen molar-refractivity contribution in [1.82, 2.24) is 4.98 Å². The molecule has 256 valence electrons. The van der Waals surface area contributed by atoms with Gasteiger partial charge in [-0.25, -0.2) is 14.6 Å². The molecule has 0 aliphatic heterocycles. The van der Waals surface area contributed by atoms with Crippen LogP contribution in [-0.2, 0) is 14.3 Å². The van der Waals surface area contributed by atoms with E-state index >= 15 is 0 Å². The minimum atomic E-state index is -0.810. The van der Waals surface area contributed by atoms with Crippen LogP contribution in [0, 0.1) is 10.1 Å². The summed E-state index contributed by atoms with van der Waals surface area (Å²) >= 11 is 0. The topological polar surface area (TPSA) is 195 Å². The van der Waals surface area contributed by atoms with Crippen molar-refractivity contribution in [2.45, 2.75) is 66.3 Å². The van der Waals surface area contributed by atoms with Gasteiger partial charge < -0.3 is 34.3 Å². The molecule has 3 rings (SSSR count). The van der Waals surface area contributed by atoms with Gasteiger partial charge in [0.05, 0.1) is 41.2 Å². The molecule has 0 aliphatic carbocycles. The monoisotopic (exact) mass is 666 g/mol. The predicted molar refractivity (Wildman–Crippen MR) is 174 cm³/mol. The van der Waals surface area contributed by atoms with Crippen molar-refractivity contribution in [3.8, 4) is 17.4 Å². The third kappa shape index (κ3) is 10.4. The lowest BCUT2D eigenvalue weighted by atomic mass is 10.1. The molecule has 0 bridgehead atoms. The van der Waals surface area contributed by atoms with E-state index in [9.17, 15) is 29.3 Å². The number of pyridine rings is 1. The van der Waals surface area contributed by atoms with Gasteiger partial charge in [0.25, 0.3) is 17.7 Å². The second-order valence-electron chi connectivity index (χ2n) is 11.8. The number of ether oxygens (including phenoxy) is 5. The van der Waals surface area contributed by atoms with Gasteiger partial charge in [0.2, 0.25) is 0 Å². The fourth-order valence-corrected chi connectivity index (χ4v) is 4.02. The van der Waals surface area contributed by atoms with Crippen molar-refractivity contribution >= 4 is 40.8 Å². The second-order valence-corrected chi connectivity index (χ2v) is 11.8. The first-order valence-corrected chi connectivity index (χ1v) is 14.8. The molecular weight excluding hydrogens is 628 g/mol. The fraction of sp³-hybridized carbons (Fsp3) is 0.364. The Morgan fingerprint density at radius 2 is 1.38 bits per heavy atom. The van der Waals surface area contributed by atoms with Crippen molar-refractivity contribution in [3.63, 3.8) is 0 Å². The molecule has 2 aromatic carbocycles. The average Bonchev–Trinajstić information content (AvgIpc) is 2.99. The maximum atomic E-state index is 13.3. The highest BCUT2D eigenvalue weighted by Crippen LogP contribution is 2.31. The third-order valence-corrected chi connectivity index (χ3v) is 5.88. The summed E-state index contributed by atoms with van der Waals surface area (Å²) < 4.78 is 26.9. The first kappa shape index (κ1) is 36.7. The molecule has 1 aromatic heterocycles. The Morgan fingerprint density at radius 1 is 0.833 bits per heavy atom. The number of hydrogen-bond donors (Lipinski definition) is 2. The van der Waals surface area contributed by atoms with E-state index in [1.807, 2.05) is 0 Å². The molecule has 48 heavy (non-hydrogen) atoms. The average molecular weight is 667 g/mol. The number of hydrogen-bond acceptors (Lipinski definition) is 12. The van der Waals surface area contributed by atoms with Crippen LogP contribution in [0.1, 0.15) is 79.7 Å². The van der Waals surface area contributed by atoms with Crippen LogP contribution < -0.4 is 24.8 Å². The summed E-state index contributed by atoms with van der Waals surface area (Å²) in [5, 5.41) is 16.9. The number of anilines is 2. The standard InChI is InChI=1S/C33H38N4O11/c1-18(2)46-26-15-20(29(39)34-22-12-10-21(32(41)44-8)16-27(22)47-19(3)4)9-11-23(26)35-30(40)24-13-14-25(37(42)43)31(36-24)45-17-28(38)48-33(5,6)7/h9-16,18-19H,17H2,1-8H3,(H,34,39)(H,35,40). The molecule has 0 aliphatic rings. The number of aromatic nitrogens is 1. The number of methoxy groups -OCH3 is 1. The normalized spacial score (nSPS) is 11.0. The van der Waals surface area contributed by atoms with Gasteiger partial charge in [0.1, 0.15) is 22.8 Å². The van der Waals surface area contributed by atoms with Crippen LogP contribution in [-0.4, -0.2) is 65.2 Å². The Morgan fingerprint density at radius 3 is 1.90 bits per heavy atom. The minimum Gasteiger partial charge on any atom is -0.489 e. The molecule has 0 spiro atoms. The van der Waals surface area contributed by atoms with Gasteiger partial charge in [-0.3, -0.25) is 19.7 Å². The summed E-state index contributed by atoms with van der Waals surface area (Å²) in [5.41, 5.74) is -0.741. The van der Waals surface area contributed by atoms with Gasteiger partial charge in [-0.05, 0) is 90.9 Å². The quantitative estimate of drug-likeness (QED) is 0.131. The lowest BCUT2D eigenvalue weighted by molar-refractivity contribution is -0.386. The Labute approximate surface area is 277 Å². The van der Waals surface area contributed by atoms with Gasteiger partial charge in [0, 0.05) is 11.6 Å². The highest BCUT2D eigenvalue weighted by atomic mass is 16.6. The molecule has 1 heterocycles. The van der Waals surface area contributed by atoms with E-state index in [0.29, 0.717) is 5.69 Å². The largest absolute Gasteiger partial charge is 0.489 e. The van der Waals surface area contributed by atoms with Crippen molar-refractivity contribution in [2.75, 3.05) is 24.4 Å². The number of nitrogens with zero attached hydrogens (tertiary/aromatic N) is 2. The van der Waals surface area contributed by atoms with Gasteiger partial charge in [-0.2, -0.15) is 0 Å². The summed E-state index contributed by atoms with van der Waals surface area (Å²) in [6, 6.07) is 10.9. The molecule has 0 atom stereocenters. The van der Waals surface area contributed by atoms with Crippen LogP contribution in [0.2, 0.25) is 0 Å². The highest BCUT2D eigenvalue weighted by molar-refractivity contribution is 6.07. The predicted octanol–water partition coefficient (Wildman–Crippen LogP) is 5.58. The van der Waals surface area contributed by atoms with E-state index in [-0.39, 0.29) is 46.2 Å². The van der Waals surface area contributed by atoms with E-state index in [2.05, 4.69) is 15.6 Å². The second kappa shape index (κ2) is 15.7. The molecular formula is C33H38N4O11. The van der Waals surface area contributed by atoms with E-state index in [4.69, 9.17) is 23.7 Å². The highest BCUT2D eigenvalue weighted by Gasteiger charge is 2.24. The number of esters is 2. The Kier molecular flexibility index (Phi) is 12.0. The maximum absolute atomic E-state index is 13.3. The zero-order valence-electron chi connectivity index (χ0n) is 27.9. The van der Waals surface area contributed by atoms with Crippen molar-refractivity contribution in [1.29, 1.82) is 0 Å². The van der Waals surface area contributed by atoms with Crippen LogP contribution in [0.25, 0.3) is 0 Å². The summed E-state index contributed by atoms with van der Waals surface area (Å²) in [6.45, 7) is 11.4. The molecule has 0 fully saturated rings. The summed E-state index contributed by atoms with van der Waals surface area (Å²) in [4.78, 5) is 65.4. The number of rotatable bonds is 13. The fourth-order valence-electron chi connectivity index (χ4n) is 4.02. The third-order valence-electron chi connectivity index (χ3n) is 5.88. The van der Waals surface area contributed by atoms with Gasteiger partial charge in [-0.1, -0.05) is 0 Å². The number of nitrogens with one attached hydrogen (secondary N) is 2. The number of amides is 2. The molecule has 0 radical (unpaired) electrons. The maximum Gasteiger partial charge on any atom is 0.344 e. The van der Waals surface area contributed by atoms with E-state index < -0.39 is 52.5 Å². The first-order chi connectivity index (χ1) is 22.5. The van der Waals surface area contributed by atoms with E-state index in [1.54, 1.807) is 48.5 Å². The molecule has 0 saturated heterocycles. The van der Waals surface area contributed by atoms with Crippen molar-refractivity contribution < 1.29 is 47.8 Å². The van der Waals surface area contributed by atoms with Crippen LogP contribution >= 0.6 is 0 Å². The zero-order valence-corrected chi connectivity index (χ0v) is 27.9. The van der Waals surface area contributed by atoms with Crippen LogP contribution in [0.15, 0.2) is 48.5 Å². The van der Waals surface area contributed by atoms with Crippen LogP contribution in [0.5, 0.6) is 17.4 Å². The summed E-state index contributed by atoms with van der Waals surface area (Å²) in [6.07, 6.45) is -0.624. The lowest BCUT2D eigenvalue weighted by Crippen LogP contribution is -2.27. The molecule has 2 amide bonds. The number of carbonyl (C=O) groups is 4. The Balaban J connectivity index is 1.87. The van der Waals surface area contributed by atoms with E-state index in [1.165, 1.54) is 43.5 Å². The minimum absolute atomic E-state index is 0.147. The molecule has 0 unspecified atom stereocenters. The number of carbonyl (C=O) groups excluding carboxylic acids is 4. The van der Waals surface area contributed by atoms with Crippen molar-refractivity contribution in [2.24, 2.45) is 0 Å². The molecule has 15 nitrogen and oxygen atoms in total. The number of benzene rings is 2. The molecule has 0 saturated carbocycles. The summed E-state index contributed by atoms with van der Waals surface area (Å²) in [5.74, 6) is -2.81. The van der Waals surface area contributed by atoms with Crippen LogP contribution in [0.3, 0.4) is 0 Å². The van der Waals surface area contributed by atoms with Crippen molar-refractivity contribution in [3.05, 3.63) is 75.5 Å². The SMILES string of the molecule is COC(=O)c1ccc(NC(=O)c2ccc(NC(=O)c3ccc([N+](=O)[O-])c(OCC(=O)OC(C)(C)C)n3)c(OC(C)C)c2)c(OC(C)C)c1. The lowest BCUT2D eigenvalue weighted by Gasteiger charge is -2.19. The van der Waals surface area contributed by atoms with Gasteiger partial charge in [-0.15, -0.1) is 0 Å². The number of nitro groups is 1. The Bertz CT molecular complexity index is 1700. The van der Waals surface area contributed by atoms with Gasteiger partial charge in [0.15, 0.2) is 6.61 Å². The zero-order chi connectivity index (χ0) is 35.8. The smallest absolute Gasteiger partial charge is 0.344 e. The molecule has 15 heteroatoms. The summed E-state index contributed by atoms with van der Waals surface area (Å²) in [7, 11) is 1.26. The van der Waals surface area contributed by atoms with Crippen LogP contribution in [0.4, 0.5) is 17.1 Å². The molecule has 3 aromatic rings.